The number of hydrogen-bond acceptors (Lipinski definition) is 4. The van der Waals surface area contributed by atoms with Gasteiger partial charge in [0.15, 0.2) is 0 Å². The van der Waals surface area contributed by atoms with Gasteiger partial charge < -0.3 is 5.32 Å². The van der Waals surface area contributed by atoms with E-state index in [1.807, 2.05) is 32.0 Å². The van der Waals surface area contributed by atoms with Crippen LogP contribution in [0.15, 0.2) is 29.3 Å². The standard InChI is InChI=1S/C22H25N3O2S/c1-12-8-9-16-18(10-12)28-21-19(16)22(27)25(11-23-21)15(4)20(26)24-17-7-5-6-13(2)14(17)3/h5-7,11-12,15H,8-10H2,1-4H3,(H,24,26)/t12-,15+/m0/s1. The normalized spacial score (nSPS) is 17.4. The fourth-order valence-corrected chi connectivity index (χ4v) is 5.21. The summed E-state index contributed by atoms with van der Waals surface area (Å²) in [7, 11) is 0. The zero-order valence-corrected chi connectivity index (χ0v) is 17.5. The summed E-state index contributed by atoms with van der Waals surface area (Å²) >= 11 is 1.63. The molecule has 28 heavy (non-hydrogen) atoms. The van der Waals surface area contributed by atoms with E-state index in [0.29, 0.717) is 11.3 Å². The number of aromatic nitrogens is 2. The monoisotopic (exact) mass is 395 g/mol. The van der Waals surface area contributed by atoms with Crippen LogP contribution < -0.4 is 10.9 Å². The van der Waals surface area contributed by atoms with Gasteiger partial charge in [-0.15, -0.1) is 11.3 Å². The predicted octanol–water partition coefficient (Wildman–Crippen LogP) is 4.40. The van der Waals surface area contributed by atoms with Crippen molar-refractivity contribution in [1.82, 2.24) is 9.55 Å². The number of carbonyl (C=O) groups excluding carboxylic acids is 1. The van der Waals surface area contributed by atoms with Crippen molar-refractivity contribution in [1.29, 1.82) is 0 Å². The number of fused-ring (bicyclic) bond motifs is 3. The van der Waals surface area contributed by atoms with E-state index in [4.69, 9.17) is 0 Å². The lowest BCUT2D eigenvalue weighted by atomic mass is 9.89. The van der Waals surface area contributed by atoms with Gasteiger partial charge in [0.25, 0.3) is 5.56 Å². The van der Waals surface area contributed by atoms with E-state index >= 15 is 0 Å². The zero-order valence-electron chi connectivity index (χ0n) is 16.7. The van der Waals surface area contributed by atoms with Crippen LogP contribution in [-0.4, -0.2) is 15.5 Å². The van der Waals surface area contributed by atoms with Crippen LogP contribution in [-0.2, 0) is 17.6 Å². The number of nitrogens with zero attached hydrogens (tertiary/aromatic N) is 2. The van der Waals surface area contributed by atoms with E-state index in [9.17, 15) is 9.59 Å². The van der Waals surface area contributed by atoms with Crippen LogP contribution in [0.1, 0.15) is 47.9 Å². The summed E-state index contributed by atoms with van der Waals surface area (Å²) in [6.07, 6.45) is 4.54. The lowest BCUT2D eigenvalue weighted by Crippen LogP contribution is -2.32. The highest BCUT2D eigenvalue weighted by Gasteiger charge is 2.25. The number of hydrogen-bond donors (Lipinski definition) is 1. The number of amides is 1. The molecule has 2 atom stereocenters. The molecule has 146 valence electrons. The first-order chi connectivity index (χ1) is 13.4. The van der Waals surface area contributed by atoms with E-state index in [-0.39, 0.29) is 11.5 Å². The molecule has 3 aromatic rings. The van der Waals surface area contributed by atoms with Crippen LogP contribution in [0.3, 0.4) is 0 Å². The number of nitrogens with one attached hydrogen (secondary N) is 1. The van der Waals surface area contributed by atoms with E-state index in [0.717, 1.165) is 46.5 Å². The first kappa shape index (κ1) is 18.9. The molecule has 0 saturated heterocycles. The third-order valence-corrected chi connectivity index (χ3v) is 7.06. The molecule has 6 heteroatoms. The second kappa shape index (κ2) is 7.17. The van der Waals surface area contributed by atoms with E-state index in [2.05, 4.69) is 17.2 Å². The van der Waals surface area contributed by atoms with Crippen molar-refractivity contribution >= 4 is 33.1 Å². The van der Waals surface area contributed by atoms with Crippen molar-refractivity contribution < 1.29 is 4.79 Å². The highest BCUT2D eigenvalue weighted by Crippen LogP contribution is 2.35. The molecular weight excluding hydrogens is 370 g/mol. The Morgan fingerprint density at radius 1 is 1.36 bits per heavy atom. The Kier molecular flexibility index (Phi) is 4.83. The van der Waals surface area contributed by atoms with Gasteiger partial charge in [-0.2, -0.15) is 0 Å². The van der Waals surface area contributed by atoms with Crippen LogP contribution in [0.2, 0.25) is 0 Å². The van der Waals surface area contributed by atoms with Crippen molar-refractivity contribution in [3.63, 3.8) is 0 Å². The predicted molar refractivity (Wildman–Crippen MR) is 114 cm³/mol. The van der Waals surface area contributed by atoms with Crippen molar-refractivity contribution in [2.75, 3.05) is 5.32 Å². The number of thiophene rings is 1. The molecule has 2 aromatic heterocycles. The Hall–Kier alpha value is -2.47. The molecule has 0 aliphatic heterocycles. The molecule has 1 aliphatic rings. The smallest absolute Gasteiger partial charge is 0.263 e. The maximum Gasteiger partial charge on any atom is 0.263 e. The van der Waals surface area contributed by atoms with E-state index in [1.165, 1.54) is 15.8 Å². The molecule has 1 aromatic carbocycles. The second-order valence-corrected chi connectivity index (χ2v) is 8.99. The summed E-state index contributed by atoms with van der Waals surface area (Å²) in [6.45, 7) is 7.99. The molecule has 0 bridgehead atoms. The number of carbonyl (C=O) groups is 1. The minimum absolute atomic E-state index is 0.110. The number of rotatable bonds is 3. The van der Waals surface area contributed by atoms with Gasteiger partial charge in [0.05, 0.1) is 11.7 Å². The fraction of sp³-hybridized carbons (Fsp3) is 0.409. The molecule has 1 N–H and O–H groups in total. The van der Waals surface area contributed by atoms with Crippen LogP contribution >= 0.6 is 11.3 Å². The quantitative estimate of drug-likeness (QED) is 0.715. The minimum atomic E-state index is -0.637. The maximum absolute atomic E-state index is 13.2. The second-order valence-electron chi connectivity index (χ2n) is 7.90. The third-order valence-electron chi connectivity index (χ3n) is 5.90. The van der Waals surface area contributed by atoms with Gasteiger partial charge >= 0.3 is 0 Å². The Balaban J connectivity index is 1.68. The Bertz CT molecular complexity index is 1130. The van der Waals surface area contributed by atoms with E-state index in [1.54, 1.807) is 18.3 Å². The van der Waals surface area contributed by atoms with Crippen molar-refractivity contribution in [3.8, 4) is 0 Å². The van der Waals surface area contributed by atoms with Crippen LogP contribution in [0.25, 0.3) is 10.2 Å². The highest BCUT2D eigenvalue weighted by atomic mass is 32.1. The summed E-state index contributed by atoms with van der Waals surface area (Å²) in [4.78, 5) is 32.6. The Morgan fingerprint density at radius 2 is 2.14 bits per heavy atom. The number of aryl methyl sites for hydroxylation is 2. The molecule has 0 saturated carbocycles. The van der Waals surface area contributed by atoms with Crippen LogP contribution in [0, 0.1) is 19.8 Å². The molecule has 0 radical (unpaired) electrons. The molecule has 5 nitrogen and oxygen atoms in total. The number of benzene rings is 1. The highest BCUT2D eigenvalue weighted by molar-refractivity contribution is 7.18. The molecular formula is C22H25N3O2S. The molecule has 1 aliphatic carbocycles. The maximum atomic E-state index is 13.2. The Labute approximate surface area is 168 Å². The van der Waals surface area contributed by atoms with Gasteiger partial charge in [-0.05, 0) is 68.7 Å². The van der Waals surface area contributed by atoms with Crippen LogP contribution in [0.5, 0.6) is 0 Å². The van der Waals surface area contributed by atoms with Gasteiger partial charge in [0.2, 0.25) is 5.91 Å². The lowest BCUT2D eigenvalue weighted by molar-refractivity contribution is -0.118. The average molecular weight is 396 g/mol. The summed E-state index contributed by atoms with van der Waals surface area (Å²) < 4.78 is 1.47. The van der Waals surface area contributed by atoms with Gasteiger partial charge in [0.1, 0.15) is 10.9 Å². The third kappa shape index (κ3) is 3.15. The van der Waals surface area contributed by atoms with Gasteiger partial charge in [-0.3, -0.25) is 14.2 Å². The summed E-state index contributed by atoms with van der Waals surface area (Å²) in [6, 6.07) is 5.17. The molecule has 0 spiro atoms. The largest absolute Gasteiger partial charge is 0.324 e. The number of anilines is 1. The zero-order chi connectivity index (χ0) is 20.0. The first-order valence-corrected chi connectivity index (χ1v) is 10.6. The molecule has 1 amide bonds. The molecule has 4 rings (SSSR count). The minimum Gasteiger partial charge on any atom is -0.324 e. The lowest BCUT2D eigenvalue weighted by Gasteiger charge is -2.18. The van der Waals surface area contributed by atoms with Gasteiger partial charge in [0, 0.05) is 10.6 Å². The average Bonchev–Trinajstić information content (AvgIpc) is 3.03. The Morgan fingerprint density at radius 3 is 2.93 bits per heavy atom. The van der Waals surface area contributed by atoms with Crippen molar-refractivity contribution in [2.45, 2.75) is 53.0 Å². The van der Waals surface area contributed by atoms with Crippen molar-refractivity contribution in [2.24, 2.45) is 5.92 Å². The molecule has 0 unspecified atom stereocenters. The van der Waals surface area contributed by atoms with Gasteiger partial charge in [-0.25, -0.2) is 4.98 Å². The summed E-state index contributed by atoms with van der Waals surface area (Å²) in [5, 5.41) is 3.67. The summed E-state index contributed by atoms with van der Waals surface area (Å²) in [5.41, 5.74) is 3.96. The van der Waals surface area contributed by atoms with Crippen LogP contribution in [0.4, 0.5) is 5.69 Å². The topological polar surface area (TPSA) is 64.0 Å². The molecule has 0 fully saturated rings. The molecule has 2 heterocycles. The van der Waals surface area contributed by atoms with E-state index < -0.39 is 6.04 Å². The summed E-state index contributed by atoms with van der Waals surface area (Å²) in [5.74, 6) is 0.430. The van der Waals surface area contributed by atoms with Gasteiger partial charge in [-0.1, -0.05) is 19.1 Å². The SMILES string of the molecule is Cc1cccc(NC(=O)[C@@H](C)n2cnc3sc4c(c3c2=O)CC[C@H](C)C4)c1C. The fourth-order valence-electron chi connectivity index (χ4n) is 3.87. The first-order valence-electron chi connectivity index (χ1n) is 9.75. The van der Waals surface area contributed by atoms with Crippen molar-refractivity contribution in [3.05, 3.63) is 56.4 Å².